The van der Waals surface area contributed by atoms with E-state index in [1.54, 1.807) is 19.1 Å². The standard InChI is InChI=1S/C16H14IN3O4/c1-10(15(21)19-13-6-3-5-12(17)9-13)18-16(22)11-4-2-7-14(8-11)20(23)24/h2-10H,1H3,(H,18,22)(H,19,21). The second kappa shape index (κ2) is 7.86. The lowest BCUT2D eigenvalue weighted by atomic mass is 10.1. The SMILES string of the molecule is CC(NC(=O)c1cccc([N+](=O)[O-])c1)C(=O)Nc1cccc(I)c1. The Labute approximate surface area is 151 Å². The minimum absolute atomic E-state index is 0.123. The van der Waals surface area contributed by atoms with Gasteiger partial charge in [-0.15, -0.1) is 0 Å². The Kier molecular flexibility index (Phi) is 5.85. The number of nitrogens with zero attached hydrogens (tertiary/aromatic N) is 1. The third kappa shape index (κ3) is 4.75. The molecule has 8 heteroatoms. The van der Waals surface area contributed by atoms with Gasteiger partial charge in [-0.1, -0.05) is 12.1 Å². The highest BCUT2D eigenvalue weighted by Gasteiger charge is 2.18. The van der Waals surface area contributed by atoms with Crippen LogP contribution in [0.25, 0.3) is 0 Å². The second-order valence-electron chi connectivity index (χ2n) is 5.00. The van der Waals surface area contributed by atoms with Crippen molar-refractivity contribution >= 4 is 45.8 Å². The zero-order valence-corrected chi connectivity index (χ0v) is 14.8. The maximum absolute atomic E-state index is 12.1. The van der Waals surface area contributed by atoms with Crippen molar-refractivity contribution in [3.8, 4) is 0 Å². The van der Waals surface area contributed by atoms with Crippen molar-refractivity contribution in [1.29, 1.82) is 0 Å². The maximum Gasteiger partial charge on any atom is 0.270 e. The maximum atomic E-state index is 12.1. The highest BCUT2D eigenvalue weighted by atomic mass is 127. The number of nitro benzene ring substituents is 1. The molecule has 24 heavy (non-hydrogen) atoms. The second-order valence-corrected chi connectivity index (χ2v) is 6.25. The summed E-state index contributed by atoms with van der Waals surface area (Å²) >= 11 is 2.13. The molecular formula is C16H14IN3O4. The fourth-order valence-electron chi connectivity index (χ4n) is 1.92. The summed E-state index contributed by atoms with van der Waals surface area (Å²) in [6.45, 7) is 1.54. The van der Waals surface area contributed by atoms with Crippen LogP contribution in [0.5, 0.6) is 0 Å². The molecule has 0 radical (unpaired) electrons. The molecule has 0 spiro atoms. The molecule has 124 valence electrons. The molecule has 0 aliphatic heterocycles. The van der Waals surface area contributed by atoms with Crippen LogP contribution in [0.3, 0.4) is 0 Å². The van der Waals surface area contributed by atoms with E-state index in [2.05, 4.69) is 33.2 Å². The van der Waals surface area contributed by atoms with E-state index in [0.29, 0.717) is 5.69 Å². The average Bonchev–Trinajstić information content (AvgIpc) is 2.54. The smallest absolute Gasteiger partial charge is 0.270 e. The fraction of sp³-hybridized carbons (Fsp3) is 0.125. The van der Waals surface area contributed by atoms with Crippen LogP contribution in [0.4, 0.5) is 11.4 Å². The van der Waals surface area contributed by atoms with Gasteiger partial charge >= 0.3 is 0 Å². The summed E-state index contributed by atoms with van der Waals surface area (Å²) in [5, 5.41) is 16.0. The third-order valence-corrected chi connectivity index (χ3v) is 3.82. The lowest BCUT2D eigenvalue weighted by Crippen LogP contribution is -2.41. The van der Waals surface area contributed by atoms with Gasteiger partial charge in [0.1, 0.15) is 6.04 Å². The lowest BCUT2D eigenvalue weighted by molar-refractivity contribution is -0.384. The van der Waals surface area contributed by atoms with Crippen molar-refractivity contribution in [2.45, 2.75) is 13.0 Å². The predicted molar refractivity (Wildman–Crippen MR) is 97.8 cm³/mol. The zero-order chi connectivity index (χ0) is 17.7. The molecule has 2 rings (SSSR count). The van der Waals surface area contributed by atoms with Gasteiger partial charge in [-0.05, 0) is 53.8 Å². The van der Waals surface area contributed by atoms with Crippen molar-refractivity contribution in [2.24, 2.45) is 0 Å². The van der Waals surface area contributed by atoms with Crippen molar-refractivity contribution in [3.63, 3.8) is 0 Å². The van der Waals surface area contributed by atoms with E-state index < -0.39 is 16.9 Å². The van der Waals surface area contributed by atoms with Crippen LogP contribution in [0.15, 0.2) is 48.5 Å². The largest absolute Gasteiger partial charge is 0.341 e. The first kappa shape index (κ1) is 17.9. The van der Waals surface area contributed by atoms with E-state index in [0.717, 1.165) is 3.57 Å². The highest BCUT2D eigenvalue weighted by Crippen LogP contribution is 2.14. The van der Waals surface area contributed by atoms with E-state index >= 15 is 0 Å². The number of carbonyl (C=O) groups excluding carboxylic acids is 2. The number of hydrogen-bond donors (Lipinski definition) is 2. The summed E-state index contributed by atoms with van der Waals surface area (Å²) in [4.78, 5) is 34.4. The quantitative estimate of drug-likeness (QED) is 0.425. The number of anilines is 1. The molecule has 0 aliphatic carbocycles. The van der Waals surface area contributed by atoms with Gasteiger partial charge in [-0.3, -0.25) is 19.7 Å². The molecule has 2 aromatic carbocycles. The number of halogens is 1. The average molecular weight is 439 g/mol. The first-order valence-electron chi connectivity index (χ1n) is 6.98. The minimum Gasteiger partial charge on any atom is -0.341 e. The summed E-state index contributed by atoms with van der Waals surface area (Å²) in [7, 11) is 0. The molecule has 0 heterocycles. The van der Waals surface area contributed by atoms with Crippen LogP contribution in [0, 0.1) is 13.7 Å². The summed E-state index contributed by atoms with van der Waals surface area (Å²) in [6, 6.07) is 11.8. The molecule has 0 saturated heterocycles. The van der Waals surface area contributed by atoms with Crippen LogP contribution in [0.2, 0.25) is 0 Å². The van der Waals surface area contributed by atoms with Gasteiger partial charge in [0, 0.05) is 27.0 Å². The highest BCUT2D eigenvalue weighted by molar-refractivity contribution is 14.1. The Morgan fingerprint density at radius 3 is 2.54 bits per heavy atom. The summed E-state index contributed by atoms with van der Waals surface area (Å²) in [5.41, 5.74) is 0.570. The molecule has 2 N–H and O–H groups in total. The lowest BCUT2D eigenvalue weighted by Gasteiger charge is -2.14. The van der Waals surface area contributed by atoms with Gasteiger partial charge in [0.15, 0.2) is 0 Å². The third-order valence-electron chi connectivity index (χ3n) is 3.15. The van der Waals surface area contributed by atoms with Crippen molar-refractivity contribution < 1.29 is 14.5 Å². The zero-order valence-electron chi connectivity index (χ0n) is 12.7. The first-order chi connectivity index (χ1) is 11.4. The Morgan fingerprint density at radius 2 is 1.88 bits per heavy atom. The van der Waals surface area contributed by atoms with Crippen LogP contribution >= 0.6 is 22.6 Å². The van der Waals surface area contributed by atoms with Crippen LogP contribution in [0.1, 0.15) is 17.3 Å². The topological polar surface area (TPSA) is 101 Å². The number of nitrogens with one attached hydrogen (secondary N) is 2. The molecule has 0 fully saturated rings. The molecule has 0 aromatic heterocycles. The van der Waals surface area contributed by atoms with Crippen LogP contribution in [-0.2, 0) is 4.79 Å². The number of carbonyl (C=O) groups is 2. The Bertz CT molecular complexity index is 794. The molecule has 0 aliphatic rings. The van der Waals surface area contributed by atoms with Gasteiger partial charge < -0.3 is 10.6 Å². The van der Waals surface area contributed by atoms with E-state index in [9.17, 15) is 19.7 Å². The van der Waals surface area contributed by atoms with Crippen molar-refractivity contribution in [2.75, 3.05) is 5.32 Å². The van der Waals surface area contributed by atoms with Crippen molar-refractivity contribution in [1.82, 2.24) is 5.32 Å². The van der Waals surface area contributed by atoms with Gasteiger partial charge in [0.25, 0.3) is 11.6 Å². The number of rotatable bonds is 5. The summed E-state index contributed by atoms with van der Waals surface area (Å²) in [5.74, 6) is -0.931. The Hall–Kier alpha value is -2.49. The molecule has 2 amide bonds. The normalized spacial score (nSPS) is 11.4. The monoisotopic (exact) mass is 439 g/mol. The molecule has 0 saturated carbocycles. The summed E-state index contributed by atoms with van der Waals surface area (Å²) in [6.07, 6.45) is 0. The first-order valence-corrected chi connectivity index (χ1v) is 8.06. The number of hydrogen-bond acceptors (Lipinski definition) is 4. The molecular weight excluding hydrogens is 425 g/mol. The van der Waals surface area contributed by atoms with E-state index in [4.69, 9.17) is 0 Å². The number of benzene rings is 2. The van der Waals surface area contributed by atoms with Crippen LogP contribution in [-0.4, -0.2) is 22.8 Å². The predicted octanol–water partition coefficient (Wildman–Crippen LogP) is 2.96. The van der Waals surface area contributed by atoms with Crippen molar-refractivity contribution in [3.05, 3.63) is 67.8 Å². The van der Waals surface area contributed by atoms with Crippen LogP contribution < -0.4 is 10.6 Å². The molecule has 1 atom stereocenters. The van der Waals surface area contributed by atoms with E-state index in [-0.39, 0.29) is 17.2 Å². The number of amides is 2. The minimum atomic E-state index is -0.797. The Morgan fingerprint density at radius 1 is 1.17 bits per heavy atom. The van der Waals surface area contributed by atoms with Gasteiger partial charge in [0.2, 0.25) is 5.91 Å². The van der Waals surface area contributed by atoms with Gasteiger partial charge in [-0.2, -0.15) is 0 Å². The molecule has 2 aromatic rings. The fourth-order valence-corrected chi connectivity index (χ4v) is 2.47. The van der Waals surface area contributed by atoms with Gasteiger partial charge in [0.05, 0.1) is 4.92 Å². The van der Waals surface area contributed by atoms with E-state index in [1.807, 2.05) is 12.1 Å². The number of non-ortho nitro benzene ring substituents is 1. The van der Waals surface area contributed by atoms with E-state index in [1.165, 1.54) is 24.3 Å². The molecule has 1 unspecified atom stereocenters. The molecule has 0 bridgehead atoms. The molecule has 7 nitrogen and oxygen atoms in total. The number of nitro groups is 1. The summed E-state index contributed by atoms with van der Waals surface area (Å²) < 4.78 is 0.971. The Balaban J connectivity index is 2.01. The van der Waals surface area contributed by atoms with Gasteiger partial charge in [-0.25, -0.2) is 0 Å².